The summed E-state index contributed by atoms with van der Waals surface area (Å²) in [5.74, 6) is 1.16. The zero-order valence-corrected chi connectivity index (χ0v) is 12.5. The first kappa shape index (κ1) is 14.4. The zero-order valence-electron chi connectivity index (χ0n) is 10.9. The summed E-state index contributed by atoms with van der Waals surface area (Å²) in [5.41, 5.74) is 0.733. The third-order valence-electron chi connectivity index (χ3n) is 2.56. The Bertz CT molecular complexity index is 567. The van der Waals surface area contributed by atoms with Crippen molar-refractivity contribution in [3.63, 3.8) is 0 Å². The molecule has 20 heavy (non-hydrogen) atoms. The van der Waals surface area contributed by atoms with Gasteiger partial charge >= 0.3 is 0 Å². The van der Waals surface area contributed by atoms with Crippen LogP contribution in [0.3, 0.4) is 0 Å². The number of amides is 1. The Kier molecular flexibility index (Phi) is 5.01. The Morgan fingerprint density at radius 3 is 2.25 bits per heavy atom. The smallest absolute Gasteiger partial charge is 0.262 e. The maximum absolute atomic E-state index is 11.7. The summed E-state index contributed by atoms with van der Waals surface area (Å²) in [4.78, 5) is 11.7. The normalized spacial score (nSPS) is 9.90. The van der Waals surface area contributed by atoms with Crippen LogP contribution in [0.15, 0.2) is 53.0 Å². The molecule has 0 spiro atoms. The first-order valence-corrected chi connectivity index (χ1v) is 6.79. The van der Waals surface area contributed by atoms with Gasteiger partial charge in [-0.25, -0.2) is 0 Å². The van der Waals surface area contributed by atoms with E-state index in [0.29, 0.717) is 5.75 Å². The van der Waals surface area contributed by atoms with Gasteiger partial charge in [-0.05, 0) is 48.5 Å². The van der Waals surface area contributed by atoms with Gasteiger partial charge in [0.15, 0.2) is 6.61 Å². The molecule has 0 saturated heterocycles. The molecule has 1 N–H and O–H groups in total. The van der Waals surface area contributed by atoms with Crippen molar-refractivity contribution in [1.82, 2.24) is 0 Å². The van der Waals surface area contributed by atoms with E-state index in [1.807, 2.05) is 24.3 Å². The summed E-state index contributed by atoms with van der Waals surface area (Å²) in [6.45, 7) is -0.0393. The fourth-order valence-electron chi connectivity index (χ4n) is 1.55. The van der Waals surface area contributed by atoms with Crippen molar-refractivity contribution in [2.45, 2.75) is 0 Å². The third-order valence-corrected chi connectivity index (χ3v) is 3.09. The highest BCUT2D eigenvalue weighted by molar-refractivity contribution is 9.10. The third kappa shape index (κ3) is 4.28. The number of benzene rings is 2. The van der Waals surface area contributed by atoms with Gasteiger partial charge in [0.1, 0.15) is 11.5 Å². The van der Waals surface area contributed by atoms with Crippen LogP contribution in [0.2, 0.25) is 0 Å². The Hall–Kier alpha value is -2.01. The number of carbonyl (C=O) groups is 1. The van der Waals surface area contributed by atoms with Crippen LogP contribution in [0.5, 0.6) is 11.5 Å². The van der Waals surface area contributed by atoms with Gasteiger partial charge in [-0.3, -0.25) is 4.79 Å². The van der Waals surface area contributed by atoms with Crippen molar-refractivity contribution in [1.29, 1.82) is 0 Å². The molecular formula is C15H14BrNO3. The fraction of sp³-hybridized carbons (Fsp3) is 0.133. The summed E-state index contributed by atoms with van der Waals surface area (Å²) in [5, 5.41) is 2.75. The van der Waals surface area contributed by atoms with Crippen molar-refractivity contribution in [3.8, 4) is 11.5 Å². The summed E-state index contributed by atoms with van der Waals surface area (Å²) >= 11 is 3.34. The molecule has 0 aliphatic heterocycles. The maximum Gasteiger partial charge on any atom is 0.262 e. The predicted molar refractivity (Wildman–Crippen MR) is 81.3 cm³/mol. The van der Waals surface area contributed by atoms with E-state index < -0.39 is 0 Å². The topological polar surface area (TPSA) is 47.6 Å². The largest absolute Gasteiger partial charge is 0.497 e. The number of hydrogen-bond donors (Lipinski definition) is 1. The molecule has 0 aromatic heterocycles. The van der Waals surface area contributed by atoms with Crippen LogP contribution >= 0.6 is 15.9 Å². The van der Waals surface area contributed by atoms with E-state index in [-0.39, 0.29) is 12.5 Å². The summed E-state index contributed by atoms with van der Waals surface area (Å²) in [7, 11) is 1.60. The molecule has 104 valence electrons. The molecule has 0 aliphatic rings. The number of methoxy groups -OCH3 is 1. The second kappa shape index (κ2) is 6.96. The molecule has 0 unspecified atom stereocenters. The molecule has 2 rings (SSSR count). The van der Waals surface area contributed by atoms with Crippen LogP contribution in [0, 0.1) is 0 Å². The molecule has 0 saturated carbocycles. The van der Waals surface area contributed by atoms with E-state index in [0.717, 1.165) is 15.9 Å². The van der Waals surface area contributed by atoms with Crippen molar-refractivity contribution in [2.24, 2.45) is 0 Å². The number of anilines is 1. The minimum Gasteiger partial charge on any atom is -0.497 e. The molecular weight excluding hydrogens is 322 g/mol. The first-order valence-electron chi connectivity index (χ1n) is 5.99. The highest BCUT2D eigenvalue weighted by Crippen LogP contribution is 2.17. The monoisotopic (exact) mass is 335 g/mol. The summed E-state index contributed by atoms with van der Waals surface area (Å²) < 4.78 is 11.4. The van der Waals surface area contributed by atoms with Gasteiger partial charge in [0.05, 0.1) is 7.11 Å². The lowest BCUT2D eigenvalue weighted by Crippen LogP contribution is -2.20. The van der Waals surface area contributed by atoms with Gasteiger partial charge < -0.3 is 14.8 Å². The number of hydrogen-bond acceptors (Lipinski definition) is 3. The van der Waals surface area contributed by atoms with Crippen LogP contribution in [0.25, 0.3) is 0 Å². The second-order valence-electron chi connectivity index (χ2n) is 4.02. The van der Waals surface area contributed by atoms with Crippen LogP contribution in [-0.4, -0.2) is 19.6 Å². The maximum atomic E-state index is 11.7. The molecule has 0 bridgehead atoms. The minimum atomic E-state index is -0.205. The lowest BCUT2D eigenvalue weighted by atomic mass is 10.3. The Balaban J connectivity index is 1.83. The molecule has 0 heterocycles. The van der Waals surface area contributed by atoms with E-state index in [4.69, 9.17) is 9.47 Å². The van der Waals surface area contributed by atoms with Crippen molar-refractivity contribution < 1.29 is 14.3 Å². The minimum absolute atomic E-state index is 0.0393. The van der Waals surface area contributed by atoms with E-state index in [1.165, 1.54) is 0 Å². The average Bonchev–Trinajstić information content (AvgIpc) is 2.48. The quantitative estimate of drug-likeness (QED) is 0.909. The van der Waals surface area contributed by atoms with Gasteiger partial charge in [0, 0.05) is 10.2 Å². The molecule has 2 aromatic rings. The van der Waals surface area contributed by atoms with Crippen molar-refractivity contribution in [2.75, 3.05) is 19.0 Å². The second-order valence-corrected chi connectivity index (χ2v) is 4.93. The van der Waals surface area contributed by atoms with Crippen molar-refractivity contribution >= 4 is 27.5 Å². The fourth-order valence-corrected chi connectivity index (χ4v) is 1.82. The Morgan fingerprint density at radius 1 is 1.05 bits per heavy atom. The molecule has 0 fully saturated rings. The molecule has 2 aromatic carbocycles. The highest BCUT2D eigenvalue weighted by atomic mass is 79.9. The molecule has 0 radical (unpaired) electrons. The molecule has 4 nitrogen and oxygen atoms in total. The van der Waals surface area contributed by atoms with Gasteiger partial charge in [-0.2, -0.15) is 0 Å². The van der Waals surface area contributed by atoms with Gasteiger partial charge in [-0.15, -0.1) is 0 Å². The molecule has 0 aliphatic carbocycles. The van der Waals surface area contributed by atoms with Gasteiger partial charge in [-0.1, -0.05) is 15.9 Å². The standard InChI is InChI=1S/C15H14BrNO3/c1-19-13-6-8-14(9-7-13)20-10-15(18)17-12-4-2-11(16)3-5-12/h2-9H,10H2,1H3,(H,17,18). The van der Waals surface area contributed by atoms with E-state index in [2.05, 4.69) is 21.2 Å². The van der Waals surface area contributed by atoms with E-state index in [1.54, 1.807) is 31.4 Å². The molecule has 0 atom stereocenters. The number of ether oxygens (including phenoxy) is 2. The number of rotatable bonds is 5. The van der Waals surface area contributed by atoms with Crippen LogP contribution in [0.4, 0.5) is 5.69 Å². The number of nitrogens with one attached hydrogen (secondary N) is 1. The van der Waals surface area contributed by atoms with E-state index >= 15 is 0 Å². The van der Waals surface area contributed by atoms with E-state index in [9.17, 15) is 4.79 Å². The van der Waals surface area contributed by atoms with Crippen LogP contribution < -0.4 is 14.8 Å². The lowest BCUT2D eigenvalue weighted by Gasteiger charge is -2.08. The summed E-state index contributed by atoms with van der Waals surface area (Å²) in [6.07, 6.45) is 0. The van der Waals surface area contributed by atoms with Crippen LogP contribution in [-0.2, 0) is 4.79 Å². The summed E-state index contributed by atoms with van der Waals surface area (Å²) in [6, 6.07) is 14.4. The lowest BCUT2D eigenvalue weighted by molar-refractivity contribution is -0.118. The number of carbonyl (C=O) groups excluding carboxylic acids is 1. The van der Waals surface area contributed by atoms with Gasteiger partial charge in [0.2, 0.25) is 0 Å². The zero-order chi connectivity index (χ0) is 14.4. The Labute approximate surface area is 125 Å². The molecule has 5 heteroatoms. The highest BCUT2D eigenvalue weighted by Gasteiger charge is 2.04. The molecule has 1 amide bonds. The van der Waals surface area contributed by atoms with Crippen molar-refractivity contribution in [3.05, 3.63) is 53.0 Å². The number of halogens is 1. The Morgan fingerprint density at radius 2 is 1.65 bits per heavy atom. The predicted octanol–water partition coefficient (Wildman–Crippen LogP) is 3.48. The van der Waals surface area contributed by atoms with Gasteiger partial charge in [0.25, 0.3) is 5.91 Å². The average molecular weight is 336 g/mol. The first-order chi connectivity index (χ1) is 9.67. The SMILES string of the molecule is COc1ccc(OCC(=O)Nc2ccc(Br)cc2)cc1. The van der Waals surface area contributed by atoms with Crippen LogP contribution in [0.1, 0.15) is 0 Å².